The molecule has 0 aromatic heterocycles. The Hall–Kier alpha value is -1.83. The highest BCUT2D eigenvalue weighted by molar-refractivity contribution is 7.89. The maximum Gasteiger partial charge on any atom is 0.293 e. The molecule has 0 amide bonds. The van der Waals surface area contributed by atoms with Crippen molar-refractivity contribution in [2.45, 2.75) is 30.0 Å². The first kappa shape index (κ1) is 21.9. The molecule has 12 heteroatoms. The van der Waals surface area contributed by atoms with Gasteiger partial charge in [-0.3, -0.25) is 10.1 Å². The number of nitrogens with zero attached hydrogens (tertiary/aromatic N) is 1. The van der Waals surface area contributed by atoms with Gasteiger partial charge >= 0.3 is 0 Å². The first-order valence-corrected chi connectivity index (χ1v) is 10.9. The van der Waals surface area contributed by atoms with Crippen molar-refractivity contribution in [1.29, 1.82) is 0 Å². The summed E-state index contributed by atoms with van der Waals surface area (Å²) in [7, 11) is -4.01. The molecule has 11 nitrogen and oxygen atoms in total. The lowest BCUT2D eigenvalue weighted by atomic mass is 9.98. The fourth-order valence-electron chi connectivity index (χ4n) is 3.28. The summed E-state index contributed by atoms with van der Waals surface area (Å²) in [5, 5.41) is 14.4. The number of sulfonamides is 1. The van der Waals surface area contributed by atoms with E-state index in [9.17, 15) is 18.5 Å². The van der Waals surface area contributed by atoms with Crippen molar-refractivity contribution in [2.75, 3.05) is 44.9 Å². The molecule has 2 heterocycles. The second-order valence-electron chi connectivity index (χ2n) is 6.98. The van der Waals surface area contributed by atoms with Crippen molar-refractivity contribution in [3.05, 3.63) is 28.3 Å². The van der Waals surface area contributed by atoms with Crippen LogP contribution < -0.4 is 15.8 Å². The molecule has 2 aliphatic rings. The first-order chi connectivity index (χ1) is 13.9. The lowest BCUT2D eigenvalue weighted by Crippen LogP contribution is -2.48. The third-order valence-electron chi connectivity index (χ3n) is 4.95. The molecule has 2 aliphatic heterocycles. The summed E-state index contributed by atoms with van der Waals surface area (Å²) in [4.78, 5) is 10.6. The molecule has 1 aromatic carbocycles. The Balaban J connectivity index is 1.71. The zero-order valence-electron chi connectivity index (χ0n) is 15.9. The number of benzene rings is 1. The Morgan fingerprint density at radius 1 is 1.21 bits per heavy atom. The second kappa shape index (κ2) is 9.78. The predicted molar refractivity (Wildman–Crippen MR) is 104 cm³/mol. The van der Waals surface area contributed by atoms with Crippen LogP contribution >= 0.6 is 0 Å². The van der Waals surface area contributed by atoms with E-state index in [0.717, 1.165) is 6.07 Å². The molecule has 0 saturated carbocycles. The van der Waals surface area contributed by atoms with Gasteiger partial charge in [-0.05, 0) is 30.9 Å². The molecular weight excluding hydrogens is 404 g/mol. The third-order valence-corrected chi connectivity index (χ3v) is 6.40. The van der Waals surface area contributed by atoms with Crippen LogP contribution in [0.5, 0.6) is 0 Å². The summed E-state index contributed by atoms with van der Waals surface area (Å²) < 4.78 is 43.8. The van der Waals surface area contributed by atoms with Crippen LogP contribution in [0.4, 0.5) is 11.4 Å². The van der Waals surface area contributed by atoms with E-state index in [1.54, 1.807) is 0 Å². The van der Waals surface area contributed by atoms with E-state index in [2.05, 4.69) is 10.0 Å². The van der Waals surface area contributed by atoms with Crippen LogP contribution in [0.15, 0.2) is 23.1 Å². The summed E-state index contributed by atoms with van der Waals surface area (Å²) in [6.45, 7) is 2.74. The highest BCUT2D eigenvalue weighted by Crippen LogP contribution is 2.28. The van der Waals surface area contributed by atoms with E-state index < -0.39 is 21.1 Å². The van der Waals surface area contributed by atoms with Crippen molar-refractivity contribution in [2.24, 2.45) is 11.7 Å². The van der Waals surface area contributed by atoms with Gasteiger partial charge in [0.1, 0.15) is 5.69 Å². The molecule has 0 spiro atoms. The quantitative estimate of drug-likeness (QED) is 0.302. The molecule has 4 N–H and O–H groups in total. The highest BCUT2D eigenvalue weighted by Gasteiger charge is 2.28. The van der Waals surface area contributed by atoms with Gasteiger partial charge in [-0.2, -0.15) is 4.72 Å². The summed E-state index contributed by atoms with van der Waals surface area (Å²) in [5.41, 5.74) is 5.87. The molecule has 29 heavy (non-hydrogen) atoms. The van der Waals surface area contributed by atoms with E-state index in [-0.39, 0.29) is 28.3 Å². The number of nitrogens with two attached hydrogens (primary N) is 1. The zero-order chi connectivity index (χ0) is 20.9. The topological polar surface area (TPSA) is 155 Å². The van der Waals surface area contributed by atoms with E-state index in [1.807, 2.05) is 0 Å². The third kappa shape index (κ3) is 5.84. The summed E-state index contributed by atoms with van der Waals surface area (Å²) in [6.07, 6.45) is 0.286. The SMILES string of the molecule is NC(NS(=O)(=O)c1ccc(NCC2COCCO2)c([N+](=O)[O-])c1)C1CCOCC1. The molecule has 2 atom stereocenters. The number of anilines is 1. The Kier molecular flexibility index (Phi) is 7.38. The predicted octanol–water partition coefficient (Wildman–Crippen LogP) is 0.412. The number of nitrogens with one attached hydrogen (secondary N) is 2. The summed E-state index contributed by atoms with van der Waals surface area (Å²) >= 11 is 0. The fraction of sp³-hybridized carbons (Fsp3) is 0.647. The van der Waals surface area contributed by atoms with Crippen LogP contribution in [0, 0.1) is 16.0 Å². The van der Waals surface area contributed by atoms with Crippen molar-refractivity contribution in [3.63, 3.8) is 0 Å². The zero-order valence-corrected chi connectivity index (χ0v) is 16.7. The van der Waals surface area contributed by atoms with Gasteiger partial charge in [-0.25, -0.2) is 8.42 Å². The minimum atomic E-state index is -4.01. The van der Waals surface area contributed by atoms with Crippen LogP contribution in [0.2, 0.25) is 0 Å². The number of nitro benzene ring substituents is 1. The van der Waals surface area contributed by atoms with Gasteiger partial charge in [-0.1, -0.05) is 0 Å². The van der Waals surface area contributed by atoms with Gasteiger partial charge < -0.3 is 25.3 Å². The van der Waals surface area contributed by atoms with Gasteiger partial charge in [0.15, 0.2) is 0 Å². The summed E-state index contributed by atoms with van der Waals surface area (Å²) in [5.74, 6) is -0.0489. The van der Waals surface area contributed by atoms with Gasteiger partial charge in [-0.15, -0.1) is 0 Å². The number of hydrogen-bond donors (Lipinski definition) is 3. The molecule has 0 aliphatic carbocycles. The fourth-order valence-corrected chi connectivity index (χ4v) is 4.48. The maximum atomic E-state index is 12.7. The van der Waals surface area contributed by atoms with E-state index in [4.69, 9.17) is 19.9 Å². The van der Waals surface area contributed by atoms with Crippen LogP contribution in [0.3, 0.4) is 0 Å². The average molecular weight is 430 g/mol. The van der Waals surface area contributed by atoms with Crippen LogP contribution in [-0.2, 0) is 24.2 Å². The maximum absolute atomic E-state index is 12.7. The number of ether oxygens (including phenoxy) is 3. The monoisotopic (exact) mass is 430 g/mol. The first-order valence-electron chi connectivity index (χ1n) is 9.44. The Morgan fingerprint density at radius 3 is 2.62 bits per heavy atom. The number of rotatable bonds is 8. The molecule has 1 aromatic rings. The summed E-state index contributed by atoms with van der Waals surface area (Å²) in [6, 6.07) is 3.71. The van der Waals surface area contributed by atoms with Crippen LogP contribution in [0.1, 0.15) is 12.8 Å². The van der Waals surface area contributed by atoms with Crippen molar-refractivity contribution >= 4 is 21.4 Å². The van der Waals surface area contributed by atoms with Crippen molar-refractivity contribution < 1.29 is 27.6 Å². The molecule has 3 rings (SSSR count). The lowest BCUT2D eigenvalue weighted by Gasteiger charge is -2.28. The average Bonchev–Trinajstić information content (AvgIpc) is 2.73. The number of hydrogen-bond acceptors (Lipinski definition) is 9. The minimum absolute atomic E-state index is 0.0489. The van der Waals surface area contributed by atoms with E-state index in [1.165, 1.54) is 12.1 Å². The van der Waals surface area contributed by atoms with Crippen LogP contribution in [-0.4, -0.2) is 65.2 Å². The van der Waals surface area contributed by atoms with Crippen molar-refractivity contribution in [1.82, 2.24) is 4.72 Å². The van der Waals surface area contributed by atoms with Crippen LogP contribution in [0.25, 0.3) is 0 Å². The molecule has 2 unspecified atom stereocenters. The highest BCUT2D eigenvalue weighted by atomic mass is 32.2. The molecule has 162 valence electrons. The molecular formula is C17H26N4O7S. The Bertz CT molecular complexity index is 808. The van der Waals surface area contributed by atoms with Gasteiger partial charge in [0, 0.05) is 25.8 Å². The lowest BCUT2D eigenvalue weighted by molar-refractivity contribution is -0.384. The van der Waals surface area contributed by atoms with E-state index >= 15 is 0 Å². The minimum Gasteiger partial charge on any atom is -0.381 e. The normalized spacial score (nSPS) is 22.2. The second-order valence-corrected chi connectivity index (χ2v) is 8.70. The van der Waals surface area contributed by atoms with E-state index in [0.29, 0.717) is 52.4 Å². The van der Waals surface area contributed by atoms with Gasteiger partial charge in [0.2, 0.25) is 10.0 Å². The Labute approximate surface area is 169 Å². The largest absolute Gasteiger partial charge is 0.381 e. The Morgan fingerprint density at radius 2 is 1.97 bits per heavy atom. The van der Waals surface area contributed by atoms with Gasteiger partial charge in [0.25, 0.3) is 5.69 Å². The molecule has 0 bridgehead atoms. The van der Waals surface area contributed by atoms with Crippen molar-refractivity contribution in [3.8, 4) is 0 Å². The molecule has 0 radical (unpaired) electrons. The standard InChI is InChI=1S/C17H26N4O7S/c18-17(12-3-5-26-6-4-12)20-29(24,25)14-1-2-15(16(9-14)21(22)23)19-10-13-11-27-7-8-28-13/h1-2,9,12-13,17,19-20H,3-8,10-11,18H2. The van der Waals surface area contributed by atoms with Gasteiger partial charge in [0.05, 0.1) is 41.9 Å². The number of nitro groups is 1. The molecule has 2 saturated heterocycles. The smallest absolute Gasteiger partial charge is 0.293 e. The molecule has 2 fully saturated rings.